The van der Waals surface area contributed by atoms with Gasteiger partial charge in [-0.05, 0) is 77.0 Å². The predicted molar refractivity (Wildman–Crippen MR) is 401 cm³/mol. The van der Waals surface area contributed by atoms with Crippen LogP contribution in [-0.2, 0) is 33.3 Å². The lowest BCUT2D eigenvalue weighted by molar-refractivity contribution is -0.870. The molecule has 0 rings (SSSR count). The maximum Gasteiger partial charge on any atom is 0.361 e. The van der Waals surface area contributed by atoms with Crippen LogP contribution in [0, 0.1) is 0 Å². The van der Waals surface area contributed by atoms with Crippen molar-refractivity contribution < 1.29 is 42.9 Å². The van der Waals surface area contributed by atoms with Crippen molar-refractivity contribution in [1.29, 1.82) is 0 Å². The van der Waals surface area contributed by atoms with Crippen LogP contribution in [0.5, 0.6) is 0 Å². The monoisotopic (exact) mass is 1310 g/mol. The van der Waals surface area contributed by atoms with Gasteiger partial charge in [0.25, 0.3) is 6.29 Å². The molecule has 0 spiro atoms. The first-order valence-electron chi connectivity index (χ1n) is 40.5. The molecule has 0 bridgehead atoms. The smallest absolute Gasteiger partial charge is 0.361 e. The summed E-state index contributed by atoms with van der Waals surface area (Å²) >= 11 is 0. The van der Waals surface area contributed by atoms with Crippen LogP contribution in [-0.4, -0.2) is 87.4 Å². The molecule has 0 saturated heterocycles. The number of carboxylic acids is 1. The third kappa shape index (κ3) is 76.2. The number of hydrogen-bond acceptors (Lipinski definition) is 7. The fourth-order valence-electron chi connectivity index (χ4n) is 12.1. The molecule has 9 heteroatoms. The summed E-state index contributed by atoms with van der Waals surface area (Å²) in [6.45, 7) is 4.84. The number of carboxylic acid groups (broad SMARTS) is 1. The van der Waals surface area contributed by atoms with Gasteiger partial charge in [0, 0.05) is 12.8 Å². The summed E-state index contributed by atoms with van der Waals surface area (Å²) in [6.07, 6.45) is 96.7. The standard InChI is InChI=1S/C84H155NO8/c1-6-8-10-12-14-16-18-20-22-24-26-28-30-32-34-36-37-38-39-40-41-42-43-44-45-47-49-51-53-55-57-59-61-63-65-67-69-71-73-75-82(87)93-80(79-92-84(83(88)89)90-77-76-85(3,4)5)78-91-81(86)74-72-70-68-66-64-62-60-58-56-54-52-50-48-46-35-33-31-29-27-25-23-21-19-17-15-13-11-9-7-2/h8,10,14,16,20,22,25-28,80,84H,6-7,9,11-13,15,17-19,21,23-24,29-79H2,1-5H3/p+1/b10-8-,16-14-,22-20-,27-25-,28-26-. The Bertz CT molecular complexity index is 1710. The second-order valence-corrected chi connectivity index (χ2v) is 28.7. The van der Waals surface area contributed by atoms with E-state index in [1.54, 1.807) is 0 Å². The highest BCUT2D eigenvalue weighted by molar-refractivity contribution is 5.71. The van der Waals surface area contributed by atoms with Gasteiger partial charge >= 0.3 is 17.9 Å². The number of likely N-dealkylation sites (N-methyl/N-ethyl adjacent to an activating group) is 1. The molecular formula is C84H156NO8+. The summed E-state index contributed by atoms with van der Waals surface area (Å²) < 4.78 is 23.1. The van der Waals surface area contributed by atoms with Crippen molar-refractivity contribution in [2.75, 3.05) is 47.5 Å². The number of ether oxygens (including phenoxy) is 4. The number of quaternary nitrogens is 1. The van der Waals surface area contributed by atoms with Crippen molar-refractivity contribution in [3.63, 3.8) is 0 Å². The lowest BCUT2D eigenvalue weighted by Crippen LogP contribution is -2.40. The molecule has 0 heterocycles. The van der Waals surface area contributed by atoms with Crippen LogP contribution in [0.15, 0.2) is 60.8 Å². The SMILES string of the molecule is CC/C=C\C/C=C\C/C=C\C/C=C\CCCCCCCCCCCCCCCCCCCCCCCCCCCCC(=O)OC(COC(=O)CCCCCCCCCCCCCCCCCCC/C=C\CCCCCCCCCC)COC(OCC[N+](C)(C)C)C(=O)O. The molecule has 544 valence electrons. The maximum absolute atomic E-state index is 13.0. The first-order chi connectivity index (χ1) is 45.6. The minimum absolute atomic E-state index is 0.176. The van der Waals surface area contributed by atoms with Gasteiger partial charge in [0.2, 0.25) is 0 Å². The number of nitrogens with zero attached hydrogens (tertiary/aromatic N) is 1. The first kappa shape index (κ1) is 90.0. The zero-order valence-electron chi connectivity index (χ0n) is 62.4. The van der Waals surface area contributed by atoms with Gasteiger partial charge in [-0.1, -0.05) is 370 Å². The zero-order valence-corrected chi connectivity index (χ0v) is 62.4. The summed E-state index contributed by atoms with van der Waals surface area (Å²) in [7, 11) is 6.00. The Morgan fingerprint density at radius 1 is 0.333 bits per heavy atom. The van der Waals surface area contributed by atoms with Gasteiger partial charge in [0.15, 0.2) is 6.10 Å². The average molecular weight is 1310 g/mol. The Morgan fingerprint density at radius 3 is 0.925 bits per heavy atom. The molecule has 0 aromatic heterocycles. The molecule has 0 saturated carbocycles. The molecule has 0 aliphatic rings. The highest BCUT2D eigenvalue weighted by atomic mass is 16.7. The molecule has 1 N–H and O–H groups in total. The maximum atomic E-state index is 13.0. The van der Waals surface area contributed by atoms with Gasteiger partial charge < -0.3 is 28.5 Å². The van der Waals surface area contributed by atoms with Gasteiger partial charge in [-0.3, -0.25) is 9.59 Å². The van der Waals surface area contributed by atoms with E-state index >= 15 is 0 Å². The van der Waals surface area contributed by atoms with E-state index in [9.17, 15) is 19.5 Å². The van der Waals surface area contributed by atoms with Crippen molar-refractivity contribution in [1.82, 2.24) is 0 Å². The molecule has 0 aliphatic carbocycles. The van der Waals surface area contributed by atoms with Gasteiger partial charge in [-0.2, -0.15) is 0 Å². The molecule has 2 atom stereocenters. The van der Waals surface area contributed by atoms with E-state index in [0.717, 1.165) is 64.2 Å². The average Bonchev–Trinajstić information content (AvgIpc) is 3.38. The van der Waals surface area contributed by atoms with Crippen LogP contribution in [0.3, 0.4) is 0 Å². The largest absolute Gasteiger partial charge is 0.477 e. The quantitative estimate of drug-likeness (QED) is 0.0211. The predicted octanol–water partition coefficient (Wildman–Crippen LogP) is 25.8. The van der Waals surface area contributed by atoms with Crippen LogP contribution in [0.25, 0.3) is 0 Å². The second-order valence-electron chi connectivity index (χ2n) is 28.7. The molecule has 0 amide bonds. The number of carbonyl (C=O) groups is 3. The molecule has 0 aliphatic heterocycles. The lowest BCUT2D eigenvalue weighted by atomic mass is 10.0. The third-order valence-corrected chi connectivity index (χ3v) is 18.3. The van der Waals surface area contributed by atoms with Crippen molar-refractivity contribution >= 4 is 17.9 Å². The summed E-state index contributed by atoms with van der Waals surface area (Å²) in [6, 6.07) is 0. The summed E-state index contributed by atoms with van der Waals surface area (Å²) in [4.78, 5) is 37.7. The van der Waals surface area contributed by atoms with E-state index in [0.29, 0.717) is 17.4 Å². The molecule has 93 heavy (non-hydrogen) atoms. The molecule has 9 nitrogen and oxygen atoms in total. The number of aliphatic carboxylic acids is 1. The molecule has 0 aromatic carbocycles. The van der Waals surface area contributed by atoms with E-state index < -0.39 is 18.4 Å². The fourth-order valence-corrected chi connectivity index (χ4v) is 12.1. The van der Waals surface area contributed by atoms with E-state index in [2.05, 4.69) is 74.6 Å². The Balaban J connectivity index is 3.95. The Morgan fingerprint density at radius 2 is 0.613 bits per heavy atom. The minimum atomic E-state index is -1.51. The second kappa shape index (κ2) is 74.8. The van der Waals surface area contributed by atoms with Crippen LogP contribution in [0.2, 0.25) is 0 Å². The van der Waals surface area contributed by atoms with Crippen molar-refractivity contribution in [2.24, 2.45) is 0 Å². The van der Waals surface area contributed by atoms with E-state index in [1.807, 2.05) is 21.1 Å². The first-order valence-corrected chi connectivity index (χ1v) is 40.5. The Hall–Kier alpha value is -3.01. The van der Waals surface area contributed by atoms with E-state index in [-0.39, 0.29) is 38.2 Å². The number of rotatable bonds is 76. The van der Waals surface area contributed by atoms with Crippen molar-refractivity contribution in [2.45, 2.75) is 411 Å². The van der Waals surface area contributed by atoms with Crippen LogP contribution < -0.4 is 0 Å². The molecular weight excluding hydrogens is 1150 g/mol. The number of allylic oxidation sites excluding steroid dienone is 10. The van der Waals surface area contributed by atoms with E-state index in [4.69, 9.17) is 18.9 Å². The van der Waals surface area contributed by atoms with E-state index in [1.165, 1.54) is 308 Å². The van der Waals surface area contributed by atoms with Crippen molar-refractivity contribution in [3.8, 4) is 0 Å². The van der Waals surface area contributed by atoms with Crippen LogP contribution in [0.1, 0.15) is 399 Å². The molecule has 0 radical (unpaired) electrons. The van der Waals surface area contributed by atoms with Crippen molar-refractivity contribution in [3.05, 3.63) is 60.8 Å². The number of hydrogen-bond donors (Lipinski definition) is 1. The molecule has 2 unspecified atom stereocenters. The van der Waals surface area contributed by atoms with Crippen LogP contribution >= 0.6 is 0 Å². The third-order valence-electron chi connectivity index (χ3n) is 18.3. The number of carbonyl (C=O) groups excluding carboxylic acids is 2. The normalized spacial score (nSPS) is 12.9. The fraction of sp³-hybridized carbons (Fsp3) is 0.845. The summed E-state index contributed by atoms with van der Waals surface area (Å²) in [5.41, 5.74) is 0. The van der Waals surface area contributed by atoms with Crippen LogP contribution in [0.4, 0.5) is 0 Å². The summed E-state index contributed by atoms with van der Waals surface area (Å²) in [5.74, 6) is -1.97. The molecule has 0 aromatic rings. The van der Waals surface area contributed by atoms with Gasteiger partial charge in [-0.25, -0.2) is 4.79 Å². The van der Waals surface area contributed by atoms with Gasteiger partial charge in [0.1, 0.15) is 13.2 Å². The number of esters is 2. The number of unbranched alkanes of at least 4 members (excludes halogenated alkanes) is 51. The summed E-state index contributed by atoms with van der Waals surface area (Å²) in [5, 5.41) is 9.77. The highest BCUT2D eigenvalue weighted by Crippen LogP contribution is 2.20. The zero-order chi connectivity index (χ0) is 67.5. The van der Waals surface area contributed by atoms with Gasteiger partial charge in [0.05, 0.1) is 34.4 Å². The minimum Gasteiger partial charge on any atom is -0.477 e. The molecule has 0 fully saturated rings. The lowest BCUT2D eigenvalue weighted by Gasteiger charge is -2.25. The Labute approximate surface area is 577 Å². The topological polar surface area (TPSA) is 108 Å². The Kier molecular flexibility index (Phi) is 72.4. The van der Waals surface area contributed by atoms with Gasteiger partial charge in [-0.15, -0.1) is 0 Å². The highest BCUT2D eigenvalue weighted by Gasteiger charge is 2.25.